The van der Waals surface area contributed by atoms with E-state index in [2.05, 4.69) is 0 Å². The molecular formula is C22H28N2O5S. The SMILES string of the molecule is CCOc1ccc(OCC(=O)N2CCN(S(=O)(=O)c3cc(C)ccc3C)CC2)cc1. The molecule has 0 saturated carbocycles. The predicted molar refractivity (Wildman–Crippen MR) is 114 cm³/mol. The van der Waals surface area contributed by atoms with Crippen molar-refractivity contribution in [2.24, 2.45) is 0 Å². The van der Waals surface area contributed by atoms with E-state index >= 15 is 0 Å². The molecular weight excluding hydrogens is 404 g/mol. The van der Waals surface area contributed by atoms with Gasteiger partial charge >= 0.3 is 0 Å². The van der Waals surface area contributed by atoms with E-state index in [0.29, 0.717) is 30.3 Å². The lowest BCUT2D eigenvalue weighted by Gasteiger charge is -2.34. The van der Waals surface area contributed by atoms with Crippen LogP contribution in [0.5, 0.6) is 11.5 Å². The molecule has 1 heterocycles. The van der Waals surface area contributed by atoms with Crippen molar-refractivity contribution in [1.82, 2.24) is 9.21 Å². The minimum Gasteiger partial charge on any atom is -0.494 e. The Hall–Kier alpha value is -2.58. The summed E-state index contributed by atoms with van der Waals surface area (Å²) in [7, 11) is -3.58. The molecule has 0 spiro atoms. The molecule has 0 N–H and O–H groups in total. The number of hydrogen-bond acceptors (Lipinski definition) is 5. The first kappa shape index (κ1) is 22.1. The molecule has 0 unspecified atom stereocenters. The van der Waals surface area contributed by atoms with Crippen LogP contribution in [-0.4, -0.2) is 62.9 Å². The number of ether oxygens (including phenoxy) is 2. The monoisotopic (exact) mass is 432 g/mol. The van der Waals surface area contributed by atoms with Crippen LogP contribution in [0, 0.1) is 13.8 Å². The van der Waals surface area contributed by atoms with Crippen LogP contribution in [-0.2, 0) is 14.8 Å². The molecule has 0 aliphatic carbocycles. The first-order valence-corrected chi connectivity index (χ1v) is 11.5. The lowest BCUT2D eigenvalue weighted by Crippen LogP contribution is -2.51. The van der Waals surface area contributed by atoms with Gasteiger partial charge in [-0.3, -0.25) is 4.79 Å². The fourth-order valence-corrected chi connectivity index (χ4v) is 5.07. The minimum absolute atomic E-state index is 0.0856. The quantitative estimate of drug-likeness (QED) is 0.672. The molecule has 1 saturated heterocycles. The van der Waals surface area contributed by atoms with Gasteiger partial charge in [0.1, 0.15) is 11.5 Å². The molecule has 1 fully saturated rings. The van der Waals surface area contributed by atoms with Crippen molar-refractivity contribution < 1.29 is 22.7 Å². The molecule has 30 heavy (non-hydrogen) atoms. The summed E-state index contributed by atoms with van der Waals surface area (Å²) < 4.78 is 38.4. The van der Waals surface area contributed by atoms with Gasteiger partial charge in [-0.05, 0) is 62.2 Å². The highest BCUT2D eigenvalue weighted by Crippen LogP contribution is 2.23. The maximum absolute atomic E-state index is 13.0. The second kappa shape index (κ2) is 9.49. The highest BCUT2D eigenvalue weighted by atomic mass is 32.2. The number of amides is 1. The number of carbonyl (C=O) groups excluding carboxylic acids is 1. The Morgan fingerprint density at radius 2 is 1.53 bits per heavy atom. The van der Waals surface area contributed by atoms with Gasteiger partial charge < -0.3 is 14.4 Å². The molecule has 1 aliphatic rings. The van der Waals surface area contributed by atoms with Gasteiger partial charge in [-0.15, -0.1) is 0 Å². The molecule has 3 rings (SSSR count). The standard InChI is InChI=1S/C22H28N2O5S/c1-4-28-19-7-9-20(10-8-19)29-16-22(25)23-11-13-24(14-12-23)30(26,27)21-15-17(2)5-6-18(21)3/h5-10,15H,4,11-14,16H2,1-3H3. The molecule has 162 valence electrons. The number of rotatable bonds is 7. The van der Waals surface area contributed by atoms with Crippen LogP contribution in [0.2, 0.25) is 0 Å². The third-order valence-corrected chi connectivity index (χ3v) is 7.09. The van der Waals surface area contributed by atoms with Crippen LogP contribution in [0.25, 0.3) is 0 Å². The maximum atomic E-state index is 13.0. The number of benzene rings is 2. The summed E-state index contributed by atoms with van der Waals surface area (Å²) in [5.41, 5.74) is 1.63. The molecule has 0 radical (unpaired) electrons. The molecule has 2 aromatic carbocycles. The van der Waals surface area contributed by atoms with Crippen LogP contribution in [0.1, 0.15) is 18.1 Å². The Kier molecular flexibility index (Phi) is 6.99. The summed E-state index contributed by atoms with van der Waals surface area (Å²) in [6.45, 7) is 7.31. The topological polar surface area (TPSA) is 76.2 Å². The predicted octanol–water partition coefficient (Wildman–Crippen LogP) is 2.61. The van der Waals surface area contributed by atoms with Gasteiger partial charge in [0.2, 0.25) is 10.0 Å². The largest absolute Gasteiger partial charge is 0.494 e. The van der Waals surface area contributed by atoms with Crippen molar-refractivity contribution >= 4 is 15.9 Å². The third kappa shape index (κ3) is 5.12. The average Bonchev–Trinajstić information content (AvgIpc) is 2.75. The van der Waals surface area contributed by atoms with E-state index < -0.39 is 10.0 Å². The zero-order valence-electron chi connectivity index (χ0n) is 17.6. The van der Waals surface area contributed by atoms with Gasteiger partial charge in [-0.2, -0.15) is 4.31 Å². The first-order valence-electron chi connectivity index (χ1n) is 10.0. The van der Waals surface area contributed by atoms with Crippen molar-refractivity contribution in [3.8, 4) is 11.5 Å². The summed E-state index contributed by atoms with van der Waals surface area (Å²) >= 11 is 0. The van der Waals surface area contributed by atoms with Gasteiger partial charge in [-0.1, -0.05) is 12.1 Å². The van der Waals surface area contributed by atoms with E-state index in [0.717, 1.165) is 16.9 Å². The summed E-state index contributed by atoms with van der Waals surface area (Å²) in [5, 5.41) is 0. The van der Waals surface area contributed by atoms with E-state index in [1.54, 1.807) is 42.2 Å². The van der Waals surface area contributed by atoms with Gasteiger partial charge in [-0.25, -0.2) is 8.42 Å². The van der Waals surface area contributed by atoms with Crippen molar-refractivity contribution in [2.75, 3.05) is 39.4 Å². The number of carbonyl (C=O) groups is 1. The average molecular weight is 433 g/mol. The number of hydrogen-bond donors (Lipinski definition) is 0. The third-order valence-electron chi connectivity index (χ3n) is 5.05. The fraction of sp³-hybridized carbons (Fsp3) is 0.409. The summed E-state index contributed by atoms with van der Waals surface area (Å²) in [4.78, 5) is 14.5. The van der Waals surface area contributed by atoms with Gasteiger partial charge in [0.15, 0.2) is 6.61 Å². The summed E-state index contributed by atoms with van der Waals surface area (Å²) in [6.07, 6.45) is 0. The Morgan fingerprint density at radius 1 is 0.933 bits per heavy atom. The molecule has 8 heteroatoms. The smallest absolute Gasteiger partial charge is 0.260 e. The van der Waals surface area contributed by atoms with E-state index in [1.165, 1.54) is 4.31 Å². The van der Waals surface area contributed by atoms with E-state index in [1.807, 2.05) is 26.0 Å². The minimum atomic E-state index is -3.58. The van der Waals surface area contributed by atoms with Crippen molar-refractivity contribution in [2.45, 2.75) is 25.7 Å². The second-order valence-corrected chi connectivity index (χ2v) is 9.15. The van der Waals surface area contributed by atoms with E-state index in [4.69, 9.17) is 9.47 Å². The lowest BCUT2D eigenvalue weighted by molar-refractivity contribution is -0.134. The number of nitrogens with zero attached hydrogens (tertiary/aromatic N) is 2. The summed E-state index contributed by atoms with van der Waals surface area (Å²) in [6, 6.07) is 12.5. The van der Waals surface area contributed by atoms with Gasteiger partial charge in [0.05, 0.1) is 11.5 Å². The Morgan fingerprint density at radius 3 is 2.13 bits per heavy atom. The molecule has 7 nitrogen and oxygen atoms in total. The molecule has 1 aliphatic heterocycles. The van der Waals surface area contributed by atoms with Crippen LogP contribution in [0.3, 0.4) is 0 Å². The Labute approximate surface area is 178 Å². The summed E-state index contributed by atoms with van der Waals surface area (Å²) in [5.74, 6) is 1.17. The zero-order valence-corrected chi connectivity index (χ0v) is 18.4. The highest BCUT2D eigenvalue weighted by molar-refractivity contribution is 7.89. The molecule has 0 bridgehead atoms. The van der Waals surface area contributed by atoms with Crippen LogP contribution >= 0.6 is 0 Å². The van der Waals surface area contributed by atoms with Gasteiger partial charge in [0.25, 0.3) is 5.91 Å². The molecule has 2 aromatic rings. The Balaban J connectivity index is 1.54. The number of aryl methyl sites for hydroxylation is 2. The first-order chi connectivity index (χ1) is 14.3. The maximum Gasteiger partial charge on any atom is 0.260 e. The van der Waals surface area contributed by atoms with Crippen molar-refractivity contribution in [3.05, 3.63) is 53.6 Å². The second-order valence-electron chi connectivity index (χ2n) is 7.25. The van der Waals surface area contributed by atoms with Crippen molar-refractivity contribution in [1.29, 1.82) is 0 Å². The fourth-order valence-electron chi connectivity index (χ4n) is 3.34. The van der Waals surface area contributed by atoms with Gasteiger partial charge in [0, 0.05) is 26.2 Å². The van der Waals surface area contributed by atoms with Crippen LogP contribution in [0.4, 0.5) is 0 Å². The number of sulfonamides is 1. The van der Waals surface area contributed by atoms with Crippen LogP contribution in [0.15, 0.2) is 47.4 Å². The highest BCUT2D eigenvalue weighted by Gasteiger charge is 2.31. The van der Waals surface area contributed by atoms with Crippen LogP contribution < -0.4 is 9.47 Å². The zero-order chi connectivity index (χ0) is 21.7. The lowest BCUT2D eigenvalue weighted by atomic mass is 10.2. The molecule has 1 amide bonds. The molecule has 0 atom stereocenters. The van der Waals surface area contributed by atoms with E-state index in [9.17, 15) is 13.2 Å². The van der Waals surface area contributed by atoms with E-state index in [-0.39, 0.29) is 25.6 Å². The Bertz CT molecular complexity index is 981. The number of piperazine rings is 1. The normalized spacial score (nSPS) is 15.1. The van der Waals surface area contributed by atoms with Crippen molar-refractivity contribution in [3.63, 3.8) is 0 Å². The molecule has 0 aromatic heterocycles.